The smallest absolute Gasteiger partial charge is 0.161 e. The Bertz CT molecular complexity index is 382. The van der Waals surface area contributed by atoms with Crippen LogP contribution in [0.3, 0.4) is 0 Å². The number of hydrogen-bond acceptors (Lipinski definition) is 4. The predicted molar refractivity (Wildman–Crippen MR) is 74.6 cm³/mol. The summed E-state index contributed by atoms with van der Waals surface area (Å²) in [5, 5.41) is 9.32. The van der Waals surface area contributed by atoms with E-state index in [4.69, 9.17) is 15.2 Å². The van der Waals surface area contributed by atoms with Crippen molar-refractivity contribution in [3.8, 4) is 11.5 Å². The Morgan fingerprint density at radius 2 is 1.78 bits per heavy atom. The van der Waals surface area contributed by atoms with E-state index in [1.807, 2.05) is 32.0 Å². The number of nitrogens with two attached hydrogens (primary N) is 1. The van der Waals surface area contributed by atoms with Crippen molar-refractivity contribution in [2.75, 3.05) is 20.8 Å². The second-order valence-electron chi connectivity index (χ2n) is 4.74. The SMILES string of the molecule is COc1ccc([C@H](N)C(C)(C)CO)cc1OC.Cl. The van der Waals surface area contributed by atoms with E-state index in [0.717, 1.165) is 5.56 Å². The maximum Gasteiger partial charge on any atom is 0.161 e. The number of rotatable bonds is 5. The third-order valence-corrected chi connectivity index (χ3v) is 3.02. The predicted octanol–water partition coefficient (Wildman–Crippen LogP) is 2.14. The number of methoxy groups -OCH3 is 2. The quantitative estimate of drug-likeness (QED) is 0.864. The maximum atomic E-state index is 9.32. The van der Waals surface area contributed by atoms with Crippen molar-refractivity contribution in [2.24, 2.45) is 11.1 Å². The van der Waals surface area contributed by atoms with Crippen LogP contribution >= 0.6 is 12.4 Å². The lowest BCUT2D eigenvalue weighted by molar-refractivity contribution is 0.132. The molecule has 0 radical (unpaired) electrons. The summed E-state index contributed by atoms with van der Waals surface area (Å²) in [4.78, 5) is 0. The number of benzene rings is 1. The highest BCUT2D eigenvalue weighted by Crippen LogP contribution is 2.35. The molecule has 0 aliphatic carbocycles. The first-order chi connectivity index (χ1) is 7.96. The van der Waals surface area contributed by atoms with Gasteiger partial charge in [0, 0.05) is 18.1 Å². The van der Waals surface area contributed by atoms with E-state index in [0.29, 0.717) is 11.5 Å². The molecule has 0 spiro atoms. The Morgan fingerprint density at radius 1 is 1.22 bits per heavy atom. The second kappa shape index (κ2) is 6.83. The average Bonchev–Trinajstić information content (AvgIpc) is 2.36. The van der Waals surface area contributed by atoms with E-state index < -0.39 is 0 Å². The fraction of sp³-hybridized carbons (Fsp3) is 0.538. The van der Waals surface area contributed by atoms with Gasteiger partial charge in [-0.2, -0.15) is 0 Å². The third kappa shape index (κ3) is 3.51. The van der Waals surface area contributed by atoms with Gasteiger partial charge in [-0.3, -0.25) is 0 Å². The third-order valence-electron chi connectivity index (χ3n) is 3.02. The van der Waals surface area contributed by atoms with E-state index in [1.165, 1.54) is 0 Å². The van der Waals surface area contributed by atoms with Crippen molar-refractivity contribution in [3.63, 3.8) is 0 Å². The van der Waals surface area contributed by atoms with Gasteiger partial charge in [0.1, 0.15) is 0 Å². The molecule has 1 aromatic carbocycles. The van der Waals surface area contributed by atoms with Crippen LogP contribution in [0.5, 0.6) is 11.5 Å². The van der Waals surface area contributed by atoms with Crippen molar-refractivity contribution >= 4 is 12.4 Å². The summed E-state index contributed by atoms with van der Waals surface area (Å²) in [5.74, 6) is 1.32. The van der Waals surface area contributed by atoms with Crippen molar-refractivity contribution in [1.82, 2.24) is 0 Å². The first-order valence-electron chi connectivity index (χ1n) is 5.54. The zero-order valence-corrected chi connectivity index (χ0v) is 12.1. The number of halogens is 1. The van der Waals surface area contributed by atoms with Crippen LogP contribution in [-0.4, -0.2) is 25.9 Å². The summed E-state index contributed by atoms with van der Waals surface area (Å²) in [6.45, 7) is 3.88. The fourth-order valence-corrected chi connectivity index (χ4v) is 1.60. The summed E-state index contributed by atoms with van der Waals surface area (Å²) in [6.07, 6.45) is 0. The molecule has 0 saturated carbocycles. The Kier molecular flexibility index (Phi) is 6.46. The molecule has 0 aliphatic heterocycles. The first-order valence-corrected chi connectivity index (χ1v) is 5.54. The lowest BCUT2D eigenvalue weighted by Crippen LogP contribution is -2.32. The van der Waals surface area contributed by atoms with Crippen LogP contribution in [0.2, 0.25) is 0 Å². The molecule has 0 saturated heterocycles. The number of aliphatic hydroxyl groups is 1. The fourth-order valence-electron chi connectivity index (χ4n) is 1.60. The number of hydrogen-bond donors (Lipinski definition) is 2. The summed E-state index contributed by atoms with van der Waals surface area (Å²) in [6, 6.07) is 5.30. The maximum absolute atomic E-state index is 9.32. The molecule has 0 heterocycles. The molecule has 1 rings (SSSR count). The van der Waals surface area contributed by atoms with Crippen LogP contribution in [0.15, 0.2) is 18.2 Å². The zero-order chi connectivity index (χ0) is 13.1. The molecular weight excluding hydrogens is 254 g/mol. The van der Waals surface area contributed by atoms with Crippen molar-refractivity contribution in [3.05, 3.63) is 23.8 Å². The summed E-state index contributed by atoms with van der Waals surface area (Å²) >= 11 is 0. The first kappa shape index (κ1) is 17.0. The summed E-state index contributed by atoms with van der Waals surface area (Å²) in [7, 11) is 3.18. The Balaban J connectivity index is 0.00000289. The Hall–Kier alpha value is -0.970. The Labute approximate surface area is 115 Å². The van der Waals surface area contributed by atoms with Crippen LogP contribution in [0.1, 0.15) is 25.5 Å². The van der Waals surface area contributed by atoms with E-state index in [2.05, 4.69) is 0 Å². The minimum Gasteiger partial charge on any atom is -0.493 e. The molecule has 1 atom stereocenters. The van der Waals surface area contributed by atoms with Crippen LogP contribution in [0, 0.1) is 5.41 Å². The van der Waals surface area contributed by atoms with Crippen LogP contribution < -0.4 is 15.2 Å². The molecule has 18 heavy (non-hydrogen) atoms. The van der Waals surface area contributed by atoms with Gasteiger partial charge in [-0.05, 0) is 17.7 Å². The largest absolute Gasteiger partial charge is 0.493 e. The highest BCUT2D eigenvalue weighted by molar-refractivity contribution is 5.85. The van der Waals surface area contributed by atoms with Gasteiger partial charge < -0.3 is 20.3 Å². The average molecular weight is 276 g/mol. The monoisotopic (exact) mass is 275 g/mol. The molecule has 0 bridgehead atoms. The minimum atomic E-state index is -0.375. The molecule has 1 aromatic rings. The van der Waals surface area contributed by atoms with Gasteiger partial charge in [0.2, 0.25) is 0 Å². The molecule has 0 aromatic heterocycles. The zero-order valence-electron chi connectivity index (χ0n) is 11.3. The topological polar surface area (TPSA) is 64.7 Å². The lowest BCUT2D eigenvalue weighted by Gasteiger charge is -2.30. The lowest BCUT2D eigenvalue weighted by atomic mass is 9.82. The van der Waals surface area contributed by atoms with Gasteiger partial charge in [-0.25, -0.2) is 0 Å². The molecule has 3 N–H and O–H groups in total. The van der Waals surface area contributed by atoms with Crippen molar-refractivity contribution in [1.29, 1.82) is 0 Å². The normalized spacial score (nSPS) is 12.6. The number of aliphatic hydroxyl groups excluding tert-OH is 1. The van der Waals surface area contributed by atoms with Gasteiger partial charge in [0.05, 0.1) is 14.2 Å². The number of ether oxygens (including phenoxy) is 2. The van der Waals surface area contributed by atoms with Gasteiger partial charge in [-0.1, -0.05) is 19.9 Å². The highest BCUT2D eigenvalue weighted by atomic mass is 35.5. The summed E-state index contributed by atoms with van der Waals surface area (Å²) < 4.78 is 10.4. The van der Waals surface area contributed by atoms with Crippen molar-refractivity contribution < 1.29 is 14.6 Å². The highest BCUT2D eigenvalue weighted by Gasteiger charge is 2.27. The van der Waals surface area contributed by atoms with Gasteiger partial charge >= 0.3 is 0 Å². The van der Waals surface area contributed by atoms with E-state index >= 15 is 0 Å². The van der Waals surface area contributed by atoms with Crippen molar-refractivity contribution in [2.45, 2.75) is 19.9 Å². The van der Waals surface area contributed by atoms with Gasteiger partial charge in [-0.15, -0.1) is 12.4 Å². The van der Waals surface area contributed by atoms with Crippen LogP contribution in [0.4, 0.5) is 0 Å². The Morgan fingerprint density at radius 3 is 2.22 bits per heavy atom. The minimum absolute atomic E-state index is 0. The molecule has 5 heteroatoms. The molecule has 104 valence electrons. The van der Waals surface area contributed by atoms with Crippen LogP contribution in [-0.2, 0) is 0 Å². The molecule has 0 unspecified atom stereocenters. The molecule has 0 amide bonds. The molecule has 0 fully saturated rings. The standard InChI is InChI=1S/C13H21NO3.ClH/c1-13(2,8-15)12(14)9-5-6-10(16-3)11(7-9)17-4;/h5-7,12,15H,8,14H2,1-4H3;1H/t12-;/m0./s1. The van der Waals surface area contributed by atoms with Gasteiger partial charge in [0.15, 0.2) is 11.5 Å². The molecular formula is C13H22ClNO3. The van der Waals surface area contributed by atoms with E-state index in [1.54, 1.807) is 14.2 Å². The van der Waals surface area contributed by atoms with E-state index in [-0.39, 0.29) is 30.5 Å². The second-order valence-corrected chi connectivity index (χ2v) is 4.74. The van der Waals surface area contributed by atoms with Crippen LogP contribution in [0.25, 0.3) is 0 Å². The molecule has 4 nitrogen and oxygen atoms in total. The van der Waals surface area contributed by atoms with E-state index in [9.17, 15) is 5.11 Å². The molecule has 0 aliphatic rings. The van der Waals surface area contributed by atoms with Gasteiger partial charge in [0.25, 0.3) is 0 Å². The summed E-state index contributed by atoms with van der Waals surface area (Å²) in [5.41, 5.74) is 6.68.